The van der Waals surface area contributed by atoms with Crippen molar-refractivity contribution in [2.24, 2.45) is 5.92 Å². The molecule has 0 aliphatic rings. The van der Waals surface area contributed by atoms with E-state index in [1.807, 2.05) is 6.92 Å². The zero-order valence-corrected chi connectivity index (χ0v) is 6.32. The highest BCUT2D eigenvalue weighted by Crippen LogP contribution is 2.09. The lowest BCUT2D eigenvalue weighted by atomic mass is 9.99. The lowest BCUT2D eigenvalue weighted by molar-refractivity contribution is 0.0189. The van der Waals surface area contributed by atoms with Gasteiger partial charge in [0.1, 0.15) is 0 Å². The third kappa shape index (κ3) is 3.15. The van der Waals surface area contributed by atoms with E-state index >= 15 is 0 Å². The van der Waals surface area contributed by atoms with Crippen LogP contribution in [-0.2, 0) is 0 Å². The second kappa shape index (κ2) is 5.65. The van der Waals surface area contributed by atoms with Crippen LogP contribution in [0.25, 0.3) is 0 Å². The Hall–Kier alpha value is -0.120. The summed E-state index contributed by atoms with van der Waals surface area (Å²) in [5, 5.41) is 26.2. The molecule has 0 heterocycles. The van der Waals surface area contributed by atoms with Gasteiger partial charge in [-0.25, -0.2) is 0 Å². The molecule has 0 aliphatic heterocycles. The number of aliphatic hydroxyl groups excluding tert-OH is 3. The van der Waals surface area contributed by atoms with Crippen LogP contribution in [0, 0.1) is 5.92 Å². The van der Waals surface area contributed by atoms with Crippen LogP contribution in [-0.4, -0.2) is 34.6 Å². The second-order valence-corrected chi connectivity index (χ2v) is 2.48. The Labute approximate surface area is 61.3 Å². The van der Waals surface area contributed by atoms with Crippen LogP contribution in [0.4, 0.5) is 0 Å². The van der Waals surface area contributed by atoms with Gasteiger partial charge in [0, 0.05) is 12.5 Å². The maximum atomic E-state index is 9.04. The van der Waals surface area contributed by atoms with Gasteiger partial charge < -0.3 is 15.3 Å². The minimum Gasteiger partial charge on any atom is -0.396 e. The summed E-state index contributed by atoms with van der Waals surface area (Å²) in [5.41, 5.74) is 0. The highest BCUT2D eigenvalue weighted by atomic mass is 16.3. The molecule has 0 aromatic carbocycles. The highest BCUT2D eigenvalue weighted by molar-refractivity contribution is 4.65. The summed E-state index contributed by atoms with van der Waals surface area (Å²) in [5.74, 6) is -0.157. The molecule has 0 aromatic rings. The van der Waals surface area contributed by atoms with Crippen molar-refractivity contribution in [1.29, 1.82) is 0 Å². The van der Waals surface area contributed by atoms with Crippen molar-refractivity contribution in [3.05, 3.63) is 0 Å². The smallest absolute Gasteiger partial charge is 0.0820 e. The first-order valence-electron chi connectivity index (χ1n) is 3.66. The standard InChI is InChI=1S/C7H16O3/c1-2-3-6(4-8)7(10)5-9/h6-10H,2-5H2,1H3. The zero-order chi connectivity index (χ0) is 7.98. The Morgan fingerprint density at radius 1 is 1.20 bits per heavy atom. The quantitative estimate of drug-likeness (QED) is 0.504. The molecule has 10 heavy (non-hydrogen) atoms. The maximum Gasteiger partial charge on any atom is 0.0820 e. The third-order valence-electron chi connectivity index (χ3n) is 1.63. The van der Waals surface area contributed by atoms with E-state index in [0.717, 1.165) is 12.8 Å². The van der Waals surface area contributed by atoms with Crippen molar-refractivity contribution in [1.82, 2.24) is 0 Å². The molecule has 0 saturated carbocycles. The number of hydrogen-bond donors (Lipinski definition) is 3. The molecule has 0 fully saturated rings. The molecule has 2 unspecified atom stereocenters. The Morgan fingerprint density at radius 3 is 2.10 bits per heavy atom. The van der Waals surface area contributed by atoms with E-state index in [-0.39, 0.29) is 19.1 Å². The number of rotatable bonds is 5. The minimum absolute atomic E-state index is 0.0461. The molecule has 0 aliphatic carbocycles. The van der Waals surface area contributed by atoms with E-state index in [0.29, 0.717) is 0 Å². The molecule has 0 radical (unpaired) electrons. The van der Waals surface area contributed by atoms with Crippen LogP contribution in [0.5, 0.6) is 0 Å². The normalized spacial score (nSPS) is 16.8. The van der Waals surface area contributed by atoms with E-state index in [9.17, 15) is 0 Å². The van der Waals surface area contributed by atoms with Gasteiger partial charge in [0.2, 0.25) is 0 Å². The Kier molecular flexibility index (Phi) is 5.58. The summed E-state index contributed by atoms with van der Waals surface area (Å²) >= 11 is 0. The molecule has 3 nitrogen and oxygen atoms in total. The third-order valence-corrected chi connectivity index (χ3v) is 1.63. The Bertz CT molecular complexity index is 75.3. The molecular weight excluding hydrogens is 132 g/mol. The van der Waals surface area contributed by atoms with E-state index in [2.05, 4.69) is 0 Å². The first-order valence-corrected chi connectivity index (χ1v) is 3.66. The first kappa shape index (κ1) is 9.88. The van der Waals surface area contributed by atoms with Gasteiger partial charge in [-0.1, -0.05) is 13.3 Å². The van der Waals surface area contributed by atoms with Crippen LogP contribution < -0.4 is 0 Å². The van der Waals surface area contributed by atoms with Gasteiger partial charge in [-0.2, -0.15) is 0 Å². The molecule has 3 heteroatoms. The molecule has 0 spiro atoms. The second-order valence-electron chi connectivity index (χ2n) is 2.48. The number of hydrogen-bond acceptors (Lipinski definition) is 3. The van der Waals surface area contributed by atoms with Gasteiger partial charge >= 0.3 is 0 Å². The van der Waals surface area contributed by atoms with Gasteiger partial charge in [-0.15, -0.1) is 0 Å². The van der Waals surface area contributed by atoms with Crippen LogP contribution in [0.2, 0.25) is 0 Å². The summed E-state index contributed by atoms with van der Waals surface area (Å²) in [6.45, 7) is 1.67. The predicted molar refractivity (Wildman–Crippen MR) is 38.6 cm³/mol. The summed E-state index contributed by atoms with van der Waals surface area (Å²) in [6.07, 6.45) is 0.922. The van der Waals surface area contributed by atoms with Crippen LogP contribution >= 0.6 is 0 Å². The summed E-state index contributed by atoms with van der Waals surface area (Å²) in [4.78, 5) is 0. The van der Waals surface area contributed by atoms with Crippen molar-refractivity contribution in [3.63, 3.8) is 0 Å². The van der Waals surface area contributed by atoms with E-state index in [1.165, 1.54) is 0 Å². The fourth-order valence-electron chi connectivity index (χ4n) is 0.925. The topological polar surface area (TPSA) is 60.7 Å². The van der Waals surface area contributed by atoms with Crippen molar-refractivity contribution in [3.8, 4) is 0 Å². The molecule has 0 bridgehead atoms. The SMILES string of the molecule is CCCC(CO)C(O)CO. The zero-order valence-electron chi connectivity index (χ0n) is 6.32. The summed E-state index contributed by atoms with van der Waals surface area (Å²) < 4.78 is 0. The van der Waals surface area contributed by atoms with E-state index in [4.69, 9.17) is 15.3 Å². The van der Waals surface area contributed by atoms with Gasteiger partial charge in [-0.3, -0.25) is 0 Å². The predicted octanol–water partition coefficient (Wildman–Crippen LogP) is -0.252. The molecule has 2 atom stereocenters. The molecule has 0 amide bonds. The summed E-state index contributed by atoms with van der Waals surface area (Å²) in [6, 6.07) is 0. The van der Waals surface area contributed by atoms with E-state index in [1.54, 1.807) is 0 Å². The fraction of sp³-hybridized carbons (Fsp3) is 1.00. The molecule has 3 N–H and O–H groups in total. The summed E-state index contributed by atoms with van der Waals surface area (Å²) in [7, 11) is 0. The van der Waals surface area contributed by atoms with Gasteiger partial charge in [0.25, 0.3) is 0 Å². The van der Waals surface area contributed by atoms with E-state index < -0.39 is 6.10 Å². The lowest BCUT2D eigenvalue weighted by Crippen LogP contribution is -2.26. The maximum absolute atomic E-state index is 9.04. The van der Waals surface area contributed by atoms with Crippen LogP contribution in [0.3, 0.4) is 0 Å². The van der Waals surface area contributed by atoms with Crippen LogP contribution in [0.1, 0.15) is 19.8 Å². The van der Waals surface area contributed by atoms with Gasteiger partial charge in [0.05, 0.1) is 12.7 Å². The largest absolute Gasteiger partial charge is 0.396 e. The first-order chi connectivity index (χ1) is 4.76. The highest BCUT2D eigenvalue weighted by Gasteiger charge is 2.15. The fourth-order valence-corrected chi connectivity index (χ4v) is 0.925. The Balaban J connectivity index is 3.56. The molecular formula is C7H16O3. The minimum atomic E-state index is -0.759. The lowest BCUT2D eigenvalue weighted by Gasteiger charge is -2.17. The molecule has 0 saturated heterocycles. The van der Waals surface area contributed by atoms with Crippen LogP contribution in [0.15, 0.2) is 0 Å². The van der Waals surface area contributed by atoms with Gasteiger partial charge in [-0.05, 0) is 6.42 Å². The average Bonchev–Trinajstić information content (AvgIpc) is 1.99. The van der Waals surface area contributed by atoms with Crippen molar-refractivity contribution in [2.45, 2.75) is 25.9 Å². The number of aliphatic hydroxyl groups is 3. The monoisotopic (exact) mass is 148 g/mol. The molecule has 0 aromatic heterocycles. The molecule has 62 valence electrons. The van der Waals surface area contributed by atoms with Crippen molar-refractivity contribution < 1.29 is 15.3 Å². The van der Waals surface area contributed by atoms with Crippen molar-refractivity contribution >= 4 is 0 Å². The molecule has 0 rings (SSSR count). The average molecular weight is 148 g/mol. The van der Waals surface area contributed by atoms with Crippen molar-refractivity contribution in [2.75, 3.05) is 13.2 Å². The Morgan fingerprint density at radius 2 is 1.80 bits per heavy atom. The van der Waals surface area contributed by atoms with Gasteiger partial charge in [0.15, 0.2) is 0 Å².